The van der Waals surface area contributed by atoms with Gasteiger partial charge in [-0.05, 0) is 19.1 Å². The average Bonchev–Trinajstić information content (AvgIpc) is 2.94. The highest BCUT2D eigenvalue weighted by Gasteiger charge is 2.14. The van der Waals surface area contributed by atoms with Gasteiger partial charge in [-0.15, -0.1) is 10.2 Å². The largest absolute Gasteiger partial charge is 0.461 e. The summed E-state index contributed by atoms with van der Waals surface area (Å²) in [6.07, 6.45) is 1.65. The summed E-state index contributed by atoms with van der Waals surface area (Å²) in [6.45, 7) is 3.80. The Morgan fingerprint density at radius 1 is 1.50 bits per heavy atom. The van der Waals surface area contributed by atoms with Gasteiger partial charge in [0.1, 0.15) is 0 Å². The molecule has 86 valence electrons. The second-order valence-corrected chi connectivity index (χ2v) is 4.29. The molecule has 2 aromatic rings. The zero-order chi connectivity index (χ0) is 11.4. The Kier molecular flexibility index (Phi) is 3.63. The highest BCUT2D eigenvalue weighted by Crippen LogP contribution is 2.23. The van der Waals surface area contributed by atoms with Crippen LogP contribution in [0.3, 0.4) is 0 Å². The molecule has 2 heterocycles. The van der Waals surface area contributed by atoms with Crippen LogP contribution in [0.5, 0.6) is 0 Å². The van der Waals surface area contributed by atoms with Gasteiger partial charge in [0.2, 0.25) is 0 Å². The van der Waals surface area contributed by atoms with E-state index in [1.54, 1.807) is 18.0 Å². The van der Waals surface area contributed by atoms with Crippen LogP contribution in [0.15, 0.2) is 28.0 Å². The average molecular weight is 239 g/mol. The Labute approximate surface area is 98.0 Å². The summed E-state index contributed by atoms with van der Waals surface area (Å²) >= 11 is 1.67. The van der Waals surface area contributed by atoms with Crippen molar-refractivity contribution in [2.24, 2.45) is 0 Å². The SMILES string of the molecule is CCn1c(SCC[NH3+])nnc1-c1ccco1. The van der Waals surface area contributed by atoms with Gasteiger partial charge in [0, 0.05) is 6.54 Å². The number of quaternary nitrogens is 1. The Morgan fingerprint density at radius 3 is 3.00 bits per heavy atom. The maximum absolute atomic E-state index is 5.33. The van der Waals surface area contributed by atoms with Gasteiger partial charge in [0.25, 0.3) is 0 Å². The number of thioether (sulfide) groups is 1. The molecule has 0 aromatic carbocycles. The van der Waals surface area contributed by atoms with Crippen LogP contribution < -0.4 is 5.73 Å². The lowest BCUT2D eigenvalue weighted by atomic mass is 10.4. The maximum atomic E-state index is 5.33. The summed E-state index contributed by atoms with van der Waals surface area (Å²) in [6, 6.07) is 3.75. The van der Waals surface area contributed by atoms with Crippen molar-refractivity contribution in [1.29, 1.82) is 0 Å². The molecule has 0 aliphatic heterocycles. The lowest BCUT2D eigenvalue weighted by molar-refractivity contribution is -0.360. The zero-order valence-electron chi connectivity index (χ0n) is 9.22. The Bertz CT molecular complexity index is 438. The molecule has 0 spiro atoms. The molecule has 0 aliphatic rings. The van der Waals surface area contributed by atoms with E-state index in [0.717, 1.165) is 35.6 Å². The fourth-order valence-electron chi connectivity index (χ4n) is 1.43. The van der Waals surface area contributed by atoms with Gasteiger partial charge >= 0.3 is 0 Å². The predicted molar refractivity (Wildman–Crippen MR) is 61.9 cm³/mol. The molecule has 2 aromatic heterocycles. The van der Waals surface area contributed by atoms with Crippen LogP contribution in [-0.2, 0) is 6.54 Å². The highest BCUT2D eigenvalue weighted by atomic mass is 32.2. The quantitative estimate of drug-likeness (QED) is 0.787. The fourth-order valence-corrected chi connectivity index (χ4v) is 2.23. The van der Waals surface area contributed by atoms with E-state index >= 15 is 0 Å². The molecule has 5 nitrogen and oxygen atoms in total. The molecule has 0 atom stereocenters. The molecule has 3 N–H and O–H groups in total. The normalized spacial score (nSPS) is 10.9. The minimum atomic E-state index is 0.760. The van der Waals surface area contributed by atoms with E-state index in [0.29, 0.717) is 0 Å². The van der Waals surface area contributed by atoms with Crippen molar-refractivity contribution < 1.29 is 10.2 Å². The van der Waals surface area contributed by atoms with Crippen LogP contribution in [-0.4, -0.2) is 27.1 Å². The number of nitrogens with zero attached hydrogens (tertiary/aromatic N) is 3. The monoisotopic (exact) mass is 239 g/mol. The predicted octanol–water partition coefficient (Wildman–Crippen LogP) is 0.892. The number of rotatable bonds is 5. The van der Waals surface area contributed by atoms with Crippen molar-refractivity contribution in [2.45, 2.75) is 18.6 Å². The minimum Gasteiger partial charge on any atom is -0.461 e. The molecule has 16 heavy (non-hydrogen) atoms. The second kappa shape index (κ2) is 5.18. The van der Waals surface area contributed by atoms with E-state index in [2.05, 4.69) is 27.4 Å². The molecular weight excluding hydrogens is 224 g/mol. The van der Waals surface area contributed by atoms with E-state index in [1.807, 2.05) is 12.1 Å². The lowest BCUT2D eigenvalue weighted by Gasteiger charge is -2.04. The van der Waals surface area contributed by atoms with Crippen molar-refractivity contribution >= 4 is 11.8 Å². The van der Waals surface area contributed by atoms with Crippen molar-refractivity contribution in [2.75, 3.05) is 12.3 Å². The van der Waals surface area contributed by atoms with Crippen LogP contribution in [0.25, 0.3) is 11.6 Å². The highest BCUT2D eigenvalue weighted by molar-refractivity contribution is 7.99. The molecule has 0 radical (unpaired) electrons. The van der Waals surface area contributed by atoms with Crippen LogP contribution >= 0.6 is 11.8 Å². The van der Waals surface area contributed by atoms with Gasteiger partial charge in [-0.2, -0.15) is 0 Å². The summed E-state index contributed by atoms with van der Waals surface area (Å²) in [4.78, 5) is 0. The number of hydrogen-bond acceptors (Lipinski definition) is 4. The zero-order valence-corrected chi connectivity index (χ0v) is 10.0. The third kappa shape index (κ3) is 2.12. The molecule has 0 saturated carbocycles. The van der Waals surface area contributed by atoms with Gasteiger partial charge < -0.3 is 10.2 Å². The number of furan rings is 1. The van der Waals surface area contributed by atoms with Gasteiger partial charge in [0.05, 0.1) is 18.6 Å². The molecule has 2 rings (SSSR count). The van der Waals surface area contributed by atoms with Gasteiger partial charge in [-0.3, -0.25) is 4.57 Å². The standard InChI is InChI=1S/C10H14N4OS/c1-2-14-9(8-4-3-6-15-8)12-13-10(14)16-7-5-11/h3-4,6H,2,5,7,11H2,1H3/p+1. The van der Waals surface area contributed by atoms with E-state index in [4.69, 9.17) is 4.42 Å². The van der Waals surface area contributed by atoms with Crippen LogP contribution in [0, 0.1) is 0 Å². The first-order valence-corrected chi connectivity index (χ1v) is 6.24. The summed E-state index contributed by atoms with van der Waals surface area (Å²) in [7, 11) is 0. The topological polar surface area (TPSA) is 71.5 Å². The van der Waals surface area contributed by atoms with Crippen molar-refractivity contribution in [3.8, 4) is 11.6 Å². The molecule has 0 fully saturated rings. The molecule has 0 unspecified atom stereocenters. The summed E-state index contributed by atoms with van der Waals surface area (Å²) in [5.74, 6) is 2.51. The minimum absolute atomic E-state index is 0.760. The van der Waals surface area contributed by atoms with E-state index in [-0.39, 0.29) is 0 Å². The number of aromatic nitrogens is 3. The van der Waals surface area contributed by atoms with Crippen LogP contribution in [0.2, 0.25) is 0 Å². The third-order valence-electron chi connectivity index (χ3n) is 2.15. The lowest BCUT2D eigenvalue weighted by Crippen LogP contribution is -2.51. The number of hydrogen-bond donors (Lipinski definition) is 1. The van der Waals surface area contributed by atoms with Crippen LogP contribution in [0.4, 0.5) is 0 Å². The van der Waals surface area contributed by atoms with E-state index in [9.17, 15) is 0 Å². The summed E-state index contributed by atoms with van der Waals surface area (Å²) in [5.41, 5.74) is 3.82. The smallest absolute Gasteiger partial charge is 0.200 e. The Morgan fingerprint density at radius 2 is 2.38 bits per heavy atom. The van der Waals surface area contributed by atoms with Crippen molar-refractivity contribution in [3.63, 3.8) is 0 Å². The molecule has 0 saturated heterocycles. The van der Waals surface area contributed by atoms with Gasteiger partial charge in [-0.25, -0.2) is 0 Å². The first kappa shape index (κ1) is 11.2. The fraction of sp³-hybridized carbons (Fsp3) is 0.400. The molecule has 0 bridgehead atoms. The Hall–Kier alpha value is -1.27. The van der Waals surface area contributed by atoms with Crippen molar-refractivity contribution in [1.82, 2.24) is 14.8 Å². The van der Waals surface area contributed by atoms with Crippen molar-refractivity contribution in [3.05, 3.63) is 18.4 Å². The van der Waals surface area contributed by atoms with E-state index < -0.39 is 0 Å². The Balaban J connectivity index is 2.29. The first-order valence-electron chi connectivity index (χ1n) is 5.26. The molecule has 0 amide bonds. The van der Waals surface area contributed by atoms with Gasteiger partial charge in [0.15, 0.2) is 16.7 Å². The third-order valence-corrected chi connectivity index (χ3v) is 3.20. The van der Waals surface area contributed by atoms with E-state index in [1.165, 1.54) is 0 Å². The second-order valence-electron chi connectivity index (χ2n) is 3.23. The van der Waals surface area contributed by atoms with Crippen LogP contribution in [0.1, 0.15) is 6.92 Å². The first-order chi connectivity index (χ1) is 7.86. The molecule has 6 heteroatoms. The summed E-state index contributed by atoms with van der Waals surface area (Å²) < 4.78 is 7.39. The summed E-state index contributed by atoms with van der Waals surface area (Å²) in [5, 5.41) is 9.26. The molecule has 0 aliphatic carbocycles. The molecular formula is C10H15N4OS+. The van der Waals surface area contributed by atoms with Gasteiger partial charge in [-0.1, -0.05) is 11.8 Å². The maximum Gasteiger partial charge on any atom is 0.200 e.